The Hall–Kier alpha value is -4.62. The number of carbonyl (C=O) groups excluding carboxylic acids is 2. The van der Waals surface area contributed by atoms with Crippen LogP contribution < -0.4 is 11.1 Å². The van der Waals surface area contributed by atoms with Crippen molar-refractivity contribution in [1.82, 2.24) is 40.0 Å². The van der Waals surface area contributed by atoms with Crippen LogP contribution in [0, 0.1) is 6.92 Å². The predicted molar refractivity (Wildman–Crippen MR) is 159 cm³/mol. The van der Waals surface area contributed by atoms with Gasteiger partial charge in [0.15, 0.2) is 11.6 Å². The number of amides is 2. The minimum absolute atomic E-state index is 0. The Morgan fingerprint density at radius 3 is 2.40 bits per heavy atom. The molecule has 228 valence electrons. The van der Waals surface area contributed by atoms with E-state index in [4.69, 9.17) is 15.2 Å². The lowest BCUT2D eigenvalue weighted by Gasteiger charge is -2.29. The van der Waals surface area contributed by atoms with Crippen LogP contribution in [0.25, 0.3) is 5.69 Å². The van der Waals surface area contributed by atoms with Crippen LogP contribution in [0.15, 0.2) is 60.7 Å². The standard InChI is InChI=1S/C29H35N9O4.CH4/c1-20-23(35-38(34-20)22-12-8-5-9-13-22)19-42-28(40)36-14-15-37-25(16-36)32-33-26(37)24(31-27(39)29(2,3)30)18-41-17-21-10-6-4-7-11-21;/h4-13,24H,14-19,30H2,1-3H3,(H,31,39);1H4/t24-;/m1./s1. The number of benzene rings is 2. The lowest BCUT2D eigenvalue weighted by atomic mass is 10.1. The van der Waals surface area contributed by atoms with Gasteiger partial charge >= 0.3 is 6.09 Å². The number of nitrogens with two attached hydrogens (primary N) is 1. The Morgan fingerprint density at radius 1 is 1.00 bits per heavy atom. The summed E-state index contributed by atoms with van der Waals surface area (Å²) >= 11 is 0. The minimum atomic E-state index is -1.09. The number of rotatable bonds is 10. The molecule has 2 amide bonds. The second-order valence-corrected chi connectivity index (χ2v) is 10.7. The lowest BCUT2D eigenvalue weighted by molar-refractivity contribution is -0.126. The van der Waals surface area contributed by atoms with Crippen LogP contribution >= 0.6 is 0 Å². The number of para-hydroxylation sites is 1. The topological polar surface area (TPSA) is 155 Å². The summed E-state index contributed by atoms with van der Waals surface area (Å²) in [6, 6.07) is 18.7. The van der Waals surface area contributed by atoms with Crippen LogP contribution in [-0.2, 0) is 40.6 Å². The van der Waals surface area contributed by atoms with E-state index in [-0.39, 0.29) is 33.1 Å². The zero-order valence-corrected chi connectivity index (χ0v) is 23.9. The van der Waals surface area contributed by atoms with Gasteiger partial charge in [-0.1, -0.05) is 56.0 Å². The van der Waals surface area contributed by atoms with Gasteiger partial charge in [0.05, 0.1) is 36.7 Å². The van der Waals surface area contributed by atoms with Gasteiger partial charge in [-0.2, -0.15) is 9.90 Å². The average molecular weight is 590 g/mol. The van der Waals surface area contributed by atoms with Gasteiger partial charge < -0.3 is 25.1 Å². The van der Waals surface area contributed by atoms with E-state index >= 15 is 0 Å². The van der Waals surface area contributed by atoms with Crippen molar-refractivity contribution in [3.05, 3.63) is 89.3 Å². The Bertz CT molecular complexity index is 1510. The van der Waals surface area contributed by atoms with Crippen molar-refractivity contribution in [2.45, 2.75) is 66.1 Å². The van der Waals surface area contributed by atoms with Crippen molar-refractivity contribution in [3.8, 4) is 5.69 Å². The molecule has 0 radical (unpaired) electrons. The summed E-state index contributed by atoms with van der Waals surface area (Å²) in [5.74, 6) is 0.777. The van der Waals surface area contributed by atoms with Gasteiger partial charge in [0.25, 0.3) is 0 Å². The number of aryl methyl sites for hydroxylation is 1. The summed E-state index contributed by atoms with van der Waals surface area (Å²) in [6.45, 7) is 6.64. The number of hydrogen-bond acceptors (Lipinski definition) is 9. The van der Waals surface area contributed by atoms with E-state index in [1.165, 1.54) is 4.80 Å². The molecule has 3 heterocycles. The van der Waals surface area contributed by atoms with Crippen LogP contribution in [0.2, 0.25) is 0 Å². The van der Waals surface area contributed by atoms with Crippen LogP contribution in [0.4, 0.5) is 4.79 Å². The molecule has 2 aromatic carbocycles. The normalized spacial score (nSPS) is 13.5. The number of fused-ring (bicyclic) bond motifs is 1. The summed E-state index contributed by atoms with van der Waals surface area (Å²) in [5, 5.41) is 20.5. The number of carbonyl (C=O) groups is 2. The first kappa shape index (κ1) is 31.3. The van der Waals surface area contributed by atoms with E-state index in [9.17, 15) is 9.59 Å². The molecular weight excluding hydrogens is 550 g/mol. The summed E-state index contributed by atoms with van der Waals surface area (Å²) in [6.07, 6.45) is -0.486. The Morgan fingerprint density at radius 2 is 1.70 bits per heavy atom. The van der Waals surface area contributed by atoms with E-state index in [0.29, 0.717) is 42.7 Å². The molecule has 43 heavy (non-hydrogen) atoms. The fourth-order valence-corrected chi connectivity index (χ4v) is 4.43. The predicted octanol–water partition coefficient (Wildman–Crippen LogP) is 3.07. The van der Waals surface area contributed by atoms with Crippen molar-refractivity contribution in [2.24, 2.45) is 5.73 Å². The fraction of sp³-hybridized carbons (Fsp3) is 0.400. The zero-order chi connectivity index (χ0) is 29.7. The number of nitrogens with zero attached hydrogens (tertiary/aromatic N) is 7. The highest BCUT2D eigenvalue weighted by Crippen LogP contribution is 2.20. The molecule has 2 aromatic heterocycles. The number of aromatic nitrogens is 6. The quantitative estimate of drug-likeness (QED) is 0.284. The first-order valence-electron chi connectivity index (χ1n) is 13.7. The van der Waals surface area contributed by atoms with Gasteiger partial charge in [-0.05, 0) is 38.5 Å². The van der Waals surface area contributed by atoms with Crippen LogP contribution in [-0.4, -0.2) is 65.3 Å². The highest BCUT2D eigenvalue weighted by atomic mass is 16.6. The summed E-state index contributed by atoms with van der Waals surface area (Å²) in [7, 11) is 0. The van der Waals surface area contributed by atoms with Gasteiger partial charge in [0.2, 0.25) is 5.91 Å². The molecule has 0 unspecified atom stereocenters. The van der Waals surface area contributed by atoms with E-state index in [1.807, 2.05) is 72.2 Å². The van der Waals surface area contributed by atoms with Gasteiger partial charge in [0, 0.05) is 13.1 Å². The van der Waals surface area contributed by atoms with Crippen molar-refractivity contribution in [1.29, 1.82) is 0 Å². The molecule has 0 fully saturated rings. The Kier molecular flexibility index (Phi) is 9.88. The molecule has 1 atom stereocenters. The molecular formula is C30H39N9O4. The Balaban J connectivity index is 0.00000423. The van der Waals surface area contributed by atoms with Crippen LogP contribution in [0.1, 0.15) is 55.9 Å². The molecule has 1 aliphatic rings. The van der Waals surface area contributed by atoms with Gasteiger partial charge in [-0.15, -0.1) is 15.3 Å². The second kappa shape index (κ2) is 13.6. The third-order valence-electron chi connectivity index (χ3n) is 6.84. The van der Waals surface area contributed by atoms with Crippen molar-refractivity contribution >= 4 is 12.0 Å². The average Bonchev–Trinajstić information content (AvgIpc) is 3.58. The lowest BCUT2D eigenvalue weighted by Crippen LogP contribution is -2.51. The van der Waals surface area contributed by atoms with Gasteiger partial charge in [-0.25, -0.2) is 4.79 Å². The highest BCUT2D eigenvalue weighted by Gasteiger charge is 2.32. The smallest absolute Gasteiger partial charge is 0.410 e. The maximum Gasteiger partial charge on any atom is 0.410 e. The molecule has 0 saturated carbocycles. The van der Waals surface area contributed by atoms with Crippen molar-refractivity contribution < 1.29 is 19.1 Å². The van der Waals surface area contributed by atoms with Crippen LogP contribution in [0.3, 0.4) is 0 Å². The molecule has 0 spiro atoms. The number of hydrogen-bond donors (Lipinski definition) is 2. The third kappa shape index (κ3) is 7.62. The van der Waals surface area contributed by atoms with E-state index < -0.39 is 17.7 Å². The fourth-order valence-electron chi connectivity index (χ4n) is 4.43. The molecule has 0 saturated heterocycles. The first-order valence-corrected chi connectivity index (χ1v) is 13.7. The molecule has 13 heteroatoms. The maximum atomic E-state index is 12.9. The molecule has 3 N–H and O–H groups in total. The zero-order valence-electron chi connectivity index (χ0n) is 23.9. The maximum absolute atomic E-state index is 12.9. The number of nitrogens with one attached hydrogen (secondary N) is 1. The first-order chi connectivity index (χ1) is 20.2. The monoisotopic (exact) mass is 589 g/mol. The molecule has 4 aromatic rings. The Labute approximate surface area is 251 Å². The van der Waals surface area contributed by atoms with E-state index in [2.05, 4.69) is 25.7 Å². The van der Waals surface area contributed by atoms with Gasteiger partial charge in [0.1, 0.15) is 18.3 Å². The minimum Gasteiger partial charge on any atom is -0.443 e. The molecule has 1 aliphatic heterocycles. The van der Waals surface area contributed by atoms with Gasteiger partial charge in [-0.3, -0.25) is 9.69 Å². The molecule has 0 aliphatic carbocycles. The van der Waals surface area contributed by atoms with E-state index in [0.717, 1.165) is 11.3 Å². The SMILES string of the molecule is C.Cc1nn(-c2ccccc2)nc1COC(=O)N1CCn2c(nnc2[C@@H](COCc2ccccc2)NC(=O)C(C)(C)N)C1. The van der Waals surface area contributed by atoms with Crippen molar-refractivity contribution in [3.63, 3.8) is 0 Å². The molecule has 13 nitrogen and oxygen atoms in total. The molecule has 5 rings (SSSR count). The highest BCUT2D eigenvalue weighted by molar-refractivity contribution is 5.85. The second-order valence-electron chi connectivity index (χ2n) is 10.7. The number of ether oxygens (including phenoxy) is 2. The largest absolute Gasteiger partial charge is 0.443 e. The van der Waals surface area contributed by atoms with E-state index in [1.54, 1.807) is 18.7 Å². The summed E-state index contributed by atoms with van der Waals surface area (Å²) in [5.41, 5.74) is 8.03. The molecule has 0 bridgehead atoms. The third-order valence-corrected chi connectivity index (χ3v) is 6.84. The van der Waals surface area contributed by atoms with Crippen LogP contribution in [0.5, 0.6) is 0 Å². The summed E-state index contributed by atoms with van der Waals surface area (Å²) in [4.78, 5) is 28.8. The summed E-state index contributed by atoms with van der Waals surface area (Å²) < 4.78 is 13.4. The van der Waals surface area contributed by atoms with Crippen molar-refractivity contribution in [2.75, 3.05) is 13.2 Å².